The molecule has 3 rings (SSSR count). The van der Waals surface area contributed by atoms with Gasteiger partial charge in [0, 0.05) is 26.1 Å². The Morgan fingerprint density at radius 3 is 2.65 bits per heavy atom. The summed E-state index contributed by atoms with van der Waals surface area (Å²) in [5.74, 6) is -1.06. The van der Waals surface area contributed by atoms with E-state index in [4.69, 9.17) is 9.52 Å². The highest BCUT2D eigenvalue weighted by molar-refractivity contribution is 5.91. The molecule has 23 heavy (non-hydrogen) atoms. The molecule has 1 aromatic rings. The molecule has 2 fully saturated rings. The Bertz CT molecular complexity index is 602. The Labute approximate surface area is 133 Å². The number of furan rings is 1. The molecule has 1 aliphatic carbocycles. The van der Waals surface area contributed by atoms with Gasteiger partial charge in [-0.1, -0.05) is 0 Å². The zero-order chi connectivity index (χ0) is 16.4. The van der Waals surface area contributed by atoms with Gasteiger partial charge in [-0.2, -0.15) is 0 Å². The number of amides is 2. The van der Waals surface area contributed by atoms with Gasteiger partial charge in [-0.3, -0.25) is 14.4 Å². The fourth-order valence-electron chi connectivity index (χ4n) is 3.39. The van der Waals surface area contributed by atoms with Gasteiger partial charge in [-0.15, -0.1) is 0 Å². The second-order valence-electron chi connectivity index (χ2n) is 6.32. The number of carbonyl (C=O) groups is 3. The number of hydrogen-bond acceptors (Lipinski definition) is 4. The Kier molecular flexibility index (Phi) is 4.11. The number of carboxylic acid groups (broad SMARTS) is 1. The molecule has 0 radical (unpaired) electrons. The summed E-state index contributed by atoms with van der Waals surface area (Å²) in [4.78, 5) is 36.6. The van der Waals surface area contributed by atoms with Crippen molar-refractivity contribution < 1.29 is 23.9 Å². The first kappa shape index (κ1) is 15.6. The van der Waals surface area contributed by atoms with Gasteiger partial charge in [-0.05, 0) is 36.8 Å². The number of nitrogens with zero attached hydrogens (tertiary/aromatic N) is 1. The molecule has 1 aliphatic heterocycles. The average molecular weight is 320 g/mol. The monoisotopic (exact) mass is 320 g/mol. The Morgan fingerprint density at radius 2 is 2.09 bits per heavy atom. The number of aliphatic carboxylic acids is 1. The van der Waals surface area contributed by atoms with Crippen LogP contribution < -0.4 is 5.32 Å². The molecule has 1 aromatic heterocycles. The number of likely N-dealkylation sites (tertiary alicyclic amines) is 1. The van der Waals surface area contributed by atoms with E-state index in [2.05, 4.69) is 5.32 Å². The van der Waals surface area contributed by atoms with E-state index in [9.17, 15) is 14.4 Å². The smallest absolute Gasteiger partial charge is 0.307 e. The van der Waals surface area contributed by atoms with E-state index in [-0.39, 0.29) is 41.9 Å². The highest BCUT2D eigenvalue weighted by atomic mass is 16.4. The number of piperidine rings is 1. The Balaban J connectivity index is 1.39. The molecule has 1 spiro atoms. The van der Waals surface area contributed by atoms with Crippen molar-refractivity contribution in [3.63, 3.8) is 0 Å². The summed E-state index contributed by atoms with van der Waals surface area (Å²) >= 11 is 0. The van der Waals surface area contributed by atoms with E-state index in [1.165, 1.54) is 6.26 Å². The van der Waals surface area contributed by atoms with Crippen LogP contribution in [0.15, 0.2) is 22.8 Å². The maximum absolute atomic E-state index is 12.1. The largest absolute Gasteiger partial charge is 0.481 e. The maximum atomic E-state index is 12.1. The Morgan fingerprint density at radius 1 is 1.35 bits per heavy atom. The molecule has 1 saturated heterocycles. The molecule has 7 nitrogen and oxygen atoms in total. The van der Waals surface area contributed by atoms with Crippen molar-refractivity contribution in [3.8, 4) is 0 Å². The third-order valence-electron chi connectivity index (χ3n) is 4.97. The highest BCUT2D eigenvalue weighted by Crippen LogP contribution is 2.59. The van der Waals surface area contributed by atoms with Gasteiger partial charge in [0.25, 0.3) is 5.91 Å². The van der Waals surface area contributed by atoms with E-state index >= 15 is 0 Å². The van der Waals surface area contributed by atoms with Gasteiger partial charge in [0.15, 0.2) is 5.76 Å². The summed E-state index contributed by atoms with van der Waals surface area (Å²) in [7, 11) is 0. The third-order valence-corrected chi connectivity index (χ3v) is 4.97. The second-order valence-corrected chi connectivity index (χ2v) is 6.32. The quantitative estimate of drug-likeness (QED) is 0.846. The van der Waals surface area contributed by atoms with Crippen LogP contribution in [0.5, 0.6) is 0 Å². The second kappa shape index (κ2) is 6.06. The Hall–Kier alpha value is -2.31. The van der Waals surface area contributed by atoms with Gasteiger partial charge < -0.3 is 19.7 Å². The molecule has 124 valence electrons. The van der Waals surface area contributed by atoms with E-state index in [1.54, 1.807) is 17.0 Å². The minimum Gasteiger partial charge on any atom is -0.481 e. The lowest BCUT2D eigenvalue weighted by molar-refractivity contribution is -0.139. The number of hydrogen-bond donors (Lipinski definition) is 2. The topological polar surface area (TPSA) is 99.9 Å². The van der Waals surface area contributed by atoms with Gasteiger partial charge >= 0.3 is 5.97 Å². The first-order valence-electron chi connectivity index (χ1n) is 7.84. The molecular formula is C16H20N2O5. The lowest BCUT2D eigenvalue weighted by atomic mass is 9.90. The molecule has 0 bridgehead atoms. The minimum absolute atomic E-state index is 0.00730. The number of carboxylic acids is 1. The standard InChI is InChI=1S/C16H20N2O5/c19-13(3-6-17-14(20)12-2-1-9-23-12)18-7-4-16(5-8-18)10-11(16)15(21)22/h1-2,9,11H,3-8,10H2,(H,17,20)(H,21,22). The fraction of sp³-hybridized carbons (Fsp3) is 0.562. The van der Waals surface area contributed by atoms with Gasteiger partial charge in [0.05, 0.1) is 12.2 Å². The van der Waals surface area contributed by atoms with Crippen LogP contribution in [0, 0.1) is 11.3 Å². The molecule has 1 unspecified atom stereocenters. The summed E-state index contributed by atoms with van der Waals surface area (Å²) in [6.45, 7) is 1.47. The van der Waals surface area contributed by atoms with Crippen LogP contribution in [0.25, 0.3) is 0 Å². The SMILES string of the molecule is O=C(NCCC(=O)N1CCC2(CC1)CC2C(=O)O)c1ccco1. The predicted molar refractivity (Wildman–Crippen MR) is 79.6 cm³/mol. The molecule has 1 saturated carbocycles. The third kappa shape index (κ3) is 3.23. The van der Waals surface area contributed by atoms with Crippen LogP contribution in [0.2, 0.25) is 0 Å². The van der Waals surface area contributed by atoms with E-state index in [0.29, 0.717) is 13.1 Å². The number of carbonyl (C=O) groups excluding carboxylic acids is 2. The molecule has 2 heterocycles. The van der Waals surface area contributed by atoms with Crippen LogP contribution in [0.4, 0.5) is 0 Å². The minimum atomic E-state index is -0.717. The van der Waals surface area contributed by atoms with Crippen molar-refractivity contribution in [1.29, 1.82) is 0 Å². The summed E-state index contributed by atoms with van der Waals surface area (Å²) in [6, 6.07) is 3.20. The molecule has 2 aliphatic rings. The summed E-state index contributed by atoms with van der Waals surface area (Å²) in [6.07, 6.45) is 3.92. The summed E-state index contributed by atoms with van der Waals surface area (Å²) in [5, 5.41) is 11.7. The summed E-state index contributed by atoms with van der Waals surface area (Å²) < 4.78 is 4.97. The maximum Gasteiger partial charge on any atom is 0.307 e. The first-order valence-corrected chi connectivity index (χ1v) is 7.84. The van der Waals surface area contributed by atoms with Crippen molar-refractivity contribution in [1.82, 2.24) is 10.2 Å². The number of nitrogens with one attached hydrogen (secondary N) is 1. The van der Waals surface area contributed by atoms with E-state index in [0.717, 1.165) is 19.3 Å². The van der Waals surface area contributed by atoms with Gasteiger partial charge in [0.1, 0.15) is 0 Å². The highest BCUT2D eigenvalue weighted by Gasteiger charge is 2.59. The zero-order valence-corrected chi connectivity index (χ0v) is 12.8. The normalized spacial score (nSPS) is 21.9. The number of rotatable bonds is 5. The molecule has 0 aromatic carbocycles. The lowest BCUT2D eigenvalue weighted by Gasteiger charge is -2.32. The van der Waals surface area contributed by atoms with Crippen molar-refractivity contribution in [3.05, 3.63) is 24.2 Å². The molecule has 2 amide bonds. The fourth-order valence-corrected chi connectivity index (χ4v) is 3.39. The van der Waals surface area contributed by atoms with Gasteiger partial charge in [-0.25, -0.2) is 0 Å². The molecule has 2 N–H and O–H groups in total. The molecule has 1 atom stereocenters. The predicted octanol–water partition coefficient (Wildman–Crippen LogP) is 1.11. The molecular weight excluding hydrogens is 300 g/mol. The van der Waals surface area contributed by atoms with Crippen LogP contribution in [-0.4, -0.2) is 47.4 Å². The summed E-state index contributed by atoms with van der Waals surface area (Å²) in [5.41, 5.74) is -0.0733. The van der Waals surface area contributed by atoms with Gasteiger partial charge in [0.2, 0.25) is 5.91 Å². The van der Waals surface area contributed by atoms with E-state index in [1.807, 2.05) is 0 Å². The van der Waals surface area contributed by atoms with Crippen LogP contribution in [-0.2, 0) is 9.59 Å². The van der Waals surface area contributed by atoms with E-state index < -0.39 is 5.97 Å². The molecule has 7 heteroatoms. The van der Waals surface area contributed by atoms with Crippen molar-refractivity contribution in [2.45, 2.75) is 25.7 Å². The average Bonchev–Trinajstić information content (AvgIpc) is 2.99. The van der Waals surface area contributed by atoms with Crippen molar-refractivity contribution in [2.24, 2.45) is 11.3 Å². The lowest BCUT2D eigenvalue weighted by Crippen LogP contribution is -2.41. The van der Waals surface area contributed by atoms with Crippen LogP contribution >= 0.6 is 0 Å². The van der Waals surface area contributed by atoms with Crippen molar-refractivity contribution >= 4 is 17.8 Å². The van der Waals surface area contributed by atoms with Crippen LogP contribution in [0.1, 0.15) is 36.2 Å². The van der Waals surface area contributed by atoms with Crippen molar-refractivity contribution in [2.75, 3.05) is 19.6 Å². The first-order chi connectivity index (χ1) is 11.0. The zero-order valence-electron chi connectivity index (χ0n) is 12.8. The van der Waals surface area contributed by atoms with Crippen LogP contribution in [0.3, 0.4) is 0 Å².